The highest BCUT2D eigenvalue weighted by Crippen LogP contribution is 2.32. The second-order valence-corrected chi connectivity index (χ2v) is 9.42. The van der Waals surface area contributed by atoms with E-state index >= 15 is 0 Å². The third kappa shape index (κ3) is 4.53. The minimum Gasteiger partial charge on any atom is -0.480 e. The van der Waals surface area contributed by atoms with Crippen LogP contribution in [0.3, 0.4) is 0 Å². The Balaban J connectivity index is 1.67. The number of nitrogens with two attached hydrogens (primary N) is 1. The minimum absolute atomic E-state index is 0.372. The van der Waals surface area contributed by atoms with Crippen molar-refractivity contribution in [3.63, 3.8) is 0 Å². The van der Waals surface area contributed by atoms with Crippen molar-refractivity contribution >= 4 is 21.4 Å². The summed E-state index contributed by atoms with van der Waals surface area (Å²) in [5.74, 6) is 0.436. The van der Waals surface area contributed by atoms with Crippen molar-refractivity contribution in [3.8, 4) is 17.1 Å². The van der Waals surface area contributed by atoms with Crippen LogP contribution in [0.4, 0.5) is 11.4 Å². The molecule has 31 heavy (non-hydrogen) atoms. The lowest BCUT2D eigenvalue weighted by molar-refractivity contribution is 0.395. The smallest absolute Gasteiger partial charge is 0.232 e. The van der Waals surface area contributed by atoms with Gasteiger partial charge in [-0.15, -0.1) is 0 Å². The molecular weight excluding hydrogens is 414 g/mol. The molecule has 0 aliphatic carbocycles. The van der Waals surface area contributed by atoms with Gasteiger partial charge in [-0.1, -0.05) is 18.2 Å². The zero-order valence-corrected chi connectivity index (χ0v) is 18.3. The molecule has 0 radical (unpaired) electrons. The largest absolute Gasteiger partial charge is 0.480 e. The number of methoxy groups -OCH3 is 1. The first kappa shape index (κ1) is 21.2. The zero-order valence-electron chi connectivity index (χ0n) is 17.5. The van der Waals surface area contributed by atoms with Crippen LogP contribution in [0.1, 0.15) is 16.7 Å². The van der Waals surface area contributed by atoms with Gasteiger partial charge in [0.15, 0.2) is 0 Å². The zero-order chi connectivity index (χ0) is 22.0. The third-order valence-electron chi connectivity index (χ3n) is 5.41. The summed E-state index contributed by atoms with van der Waals surface area (Å²) in [6.45, 7) is 1.23. The Kier molecular flexibility index (Phi) is 5.90. The summed E-state index contributed by atoms with van der Waals surface area (Å²) in [6, 6.07) is 11.9. The molecule has 0 unspecified atom stereocenters. The van der Waals surface area contributed by atoms with E-state index in [9.17, 15) is 8.42 Å². The highest BCUT2D eigenvalue weighted by molar-refractivity contribution is 7.88. The first-order valence-electron chi connectivity index (χ1n) is 9.91. The van der Waals surface area contributed by atoms with E-state index in [1.165, 1.54) is 10.6 Å². The van der Waals surface area contributed by atoms with E-state index in [2.05, 4.69) is 15.3 Å². The van der Waals surface area contributed by atoms with Crippen molar-refractivity contribution in [2.45, 2.75) is 19.5 Å². The number of nitrogens with one attached hydrogen (secondary N) is 1. The molecule has 3 N–H and O–H groups in total. The van der Waals surface area contributed by atoms with E-state index in [0.29, 0.717) is 37.6 Å². The summed E-state index contributed by atoms with van der Waals surface area (Å²) in [5.41, 5.74) is 12.5. The molecule has 1 aliphatic heterocycles. The van der Waals surface area contributed by atoms with Gasteiger partial charge in [-0.2, -0.15) is 4.31 Å². The first-order chi connectivity index (χ1) is 14.9. The van der Waals surface area contributed by atoms with E-state index in [-0.39, 0.29) is 0 Å². The number of nitrogens with zero attached hydrogens (tertiary/aromatic N) is 3. The predicted molar refractivity (Wildman–Crippen MR) is 121 cm³/mol. The Hall–Kier alpha value is -3.01. The number of anilines is 2. The van der Waals surface area contributed by atoms with Gasteiger partial charge in [-0.25, -0.2) is 13.4 Å². The first-order valence-corrected chi connectivity index (χ1v) is 11.8. The van der Waals surface area contributed by atoms with Gasteiger partial charge in [0.25, 0.3) is 0 Å². The Labute approximate surface area is 182 Å². The summed E-state index contributed by atoms with van der Waals surface area (Å²) in [5, 5.41) is 3.49. The fraction of sp³-hybridized carbons (Fsp3) is 0.273. The van der Waals surface area contributed by atoms with Crippen LogP contribution >= 0.6 is 0 Å². The second-order valence-electron chi connectivity index (χ2n) is 7.44. The van der Waals surface area contributed by atoms with Crippen LogP contribution in [0, 0.1) is 0 Å². The van der Waals surface area contributed by atoms with Crippen molar-refractivity contribution in [2.24, 2.45) is 5.73 Å². The van der Waals surface area contributed by atoms with Crippen LogP contribution < -0.4 is 15.8 Å². The molecule has 4 rings (SSSR count). The molecule has 0 spiro atoms. The molecule has 0 fully saturated rings. The molecule has 2 heterocycles. The summed E-state index contributed by atoms with van der Waals surface area (Å²) < 4.78 is 30.6. The molecular formula is C22H25N5O3S. The van der Waals surface area contributed by atoms with Crippen molar-refractivity contribution < 1.29 is 13.2 Å². The molecule has 3 aromatic rings. The summed E-state index contributed by atoms with van der Waals surface area (Å²) >= 11 is 0. The van der Waals surface area contributed by atoms with Crippen LogP contribution in [-0.4, -0.2) is 42.6 Å². The lowest BCUT2D eigenvalue weighted by atomic mass is 9.98. The molecule has 1 aromatic heterocycles. The van der Waals surface area contributed by atoms with E-state index in [1.807, 2.05) is 36.4 Å². The number of sulfonamides is 1. The van der Waals surface area contributed by atoms with Gasteiger partial charge in [0.2, 0.25) is 15.9 Å². The minimum atomic E-state index is -3.21. The van der Waals surface area contributed by atoms with Crippen molar-refractivity contribution in [1.82, 2.24) is 14.3 Å². The highest BCUT2D eigenvalue weighted by Gasteiger charge is 2.24. The standard InChI is InChI=1S/C22H25N5O3S/c1-30-22-13-24-12-21(26-22)19-10-17(7-6-15(19)11-23)25-20-5-3-4-16-14-27(31(2,28)29)9-8-18(16)20/h3-7,10,12-13,25H,8-9,11,14,23H2,1-2H3. The van der Waals surface area contributed by atoms with Gasteiger partial charge in [0, 0.05) is 36.6 Å². The monoisotopic (exact) mass is 439 g/mol. The molecule has 0 bridgehead atoms. The molecule has 9 heteroatoms. The van der Waals surface area contributed by atoms with E-state index in [0.717, 1.165) is 33.6 Å². The Morgan fingerprint density at radius 2 is 2.06 bits per heavy atom. The molecule has 2 aromatic carbocycles. The Morgan fingerprint density at radius 3 is 2.81 bits per heavy atom. The van der Waals surface area contributed by atoms with Gasteiger partial charge in [0.05, 0.1) is 31.5 Å². The lowest BCUT2D eigenvalue weighted by Gasteiger charge is -2.28. The van der Waals surface area contributed by atoms with E-state index in [4.69, 9.17) is 10.5 Å². The molecule has 0 atom stereocenters. The van der Waals surface area contributed by atoms with Crippen molar-refractivity contribution in [1.29, 1.82) is 0 Å². The fourth-order valence-corrected chi connectivity index (χ4v) is 4.58. The number of hydrogen-bond donors (Lipinski definition) is 2. The van der Waals surface area contributed by atoms with Crippen LogP contribution in [0.2, 0.25) is 0 Å². The lowest BCUT2D eigenvalue weighted by Crippen LogP contribution is -2.35. The molecule has 0 saturated heterocycles. The van der Waals surface area contributed by atoms with Gasteiger partial charge in [-0.3, -0.25) is 4.98 Å². The van der Waals surface area contributed by atoms with Crippen LogP contribution in [-0.2, 0) is 29.5 Å². The van der Waals surface area contributed by atoms with Gasteiger partial charge in [-0.05, 0) is 41.3 Å². The van der Waals surface area contributed by atoms with Crippen molar-refractivity contribution in [2.75, 3.05) is 25.2 Å². The van der Waals surface area contributed by atoms with Crippen LogP contribution in [0.15, 0.2) is 48.8 Å². The van der Waals surface area contributed by atoms with Crippen LogP contribution in [0.25, 0.3) is 11.3 Å². The Bertz CT molecular complexity index is 1210. The SMILES string of the molecule is COc1cncc(-c2cc(Nc3cccc4c3CCN(S(C)(=O)=O)C4)ccc2CN)n1. The molecule has 0 saturated carbocycles. The average Bonchev–Trinajstić information content (AvgIpc) is 2.78. The number of aromatic nitrogens is 2. The van der Waals surface area contributed by atoms with Crippen LogP contribution in [0.5, 0.6) is 5.88 Å². The topological polar surface area (TPSA) is 110 Å². The van der Waals surface area contributed by atoms with E-state index in [1.54, 1.807) is 19.5 Å². The van der Waals surface area contributed by atoms with Gasteiger partial charge >= 0.3 is 0 Å². The predicted octanol–water partition coefficient (Wildman–Crippen LogP) is 2.67. The normalized spacial score (nSPS) is 14.2. The van der Waals surface area contributed by atoms with E-state index < -0.39 is 10.0 Å². The van der Waals surface area contributed by atoms with Gasteiger partial charge in [0.1, 0.15) is 0 Å². The number of rotatable bonds is 6. The van der Waals surface area contributed by atoms with Crippen molar-refractivity contribution in [3.05, 3.63) is 65.5 Å². The maximum absolute atomic E-state index is 11.9. The Morgan fingerprint density at radius 1 is 1.23 bits per heavy atom. The highest BCUT2D eigenvalue weighted by atomic mass is 32.2. The summed E-state index contributed by atoms with van der Waals surface area (Å²) in [6.07, 6.45) is 5.15. The number of fused-ring (bicyclic) bond motifs is 1. The number of benzene rings is 2. The quantitative estimate of drug-likeness (QED) is 0.607. The second kappa shape index (κ2) is 8.62. The summed E-state index contributed by atoms with van der Waals surface area (Å²) in [7, 11) is -1.66. The third-order valence-corrected chi connectivity index (χ3v) is 6.66. The maximum Gasteiger partial charge on any atom is 0.232 e. The maximum atomic E-state index is 11.9. The number of ether oxygens (including phenoxy) is 1. The average molecular weight is 440 g/mol. The molecule has 8 nitrogen and oxygen atoms in total. The van der Waals surface area contributed by atoms with Gasteiger partial charge < -0.3 is 15.8 Å². The molecule has 0 amide bonds. The molecule has 162 valence electrons. The summed E-state index contributed by atoms with van der Waals surface area (Å²) in [4.78, 5) is 8.69. The molecule has 1 aliphatic rings. The fourth-order valence-electron chi connectivity index (χ4n) is 3.79. The number of hydrogen-bond acceptors (Lipinski definition) is 7.